The molecule has 124 valence electrons. The highest BCUT2D eigenvalue weighted by atomic mass is 16.5. The number of likely N-dealkylation sites (tertiary alicyclic amines) is 1. The van der Waals surface area contributed by atoms with E-state index in [4.69, 9.17) is 9.15 Å². The van der Waals surface area contributed by atoms with Crippen LogP contribution < -0.4 is 10.4 Å². The molecule has 1 fully saturated rings. The van der Waals surface area contributed by atoms with E-state index in [2.05, 4.69) is 0 Å². The zero-order valence-corrected chi connectivity index (χ0v) is 13.2. The largest absolute Gasteiger partial charge is 0.425 e. The summed E-state index contributed by atoms with van der Waals surface area (Å²) < 4.78 is 10.3. The van der Waals surface area contributed by atoms with Gasteiger partial charge in [0.1, 0.15) is 17.4 Å². The first-order chi connectivity index (χ1) is 11.4. The first-order valence-corrected chi connectivity index (χ1v) is 7.48. The van der Waals surface area contributed by atoms with Gasteiger partial charge in [-0.05, 0) is 31.5 Å². The van der Waals surface area contributed by atoms with Gasteiger partial charge in [0.2, 0.25) is 11.8 Å². The minimum absolute atomic E-state index is 0.108. The van der Waals surface area contributed by atoms with Crippen LogP contribution in [0.25, 0.3) is 11.0 Å². The molecule has 1 aromatic carbocycles. The summed E-state index contributed by atoms with van der Waals surface area (Å²) in [5.74, 6) is -1.32. The Morgan fingerprint density at radius 1 is 1.17 bits per heavy atom. The fourth-order valence-electron chi connectivity index (χ4n) is 2.70. The molecule has 0 saturated carbocycles. The van der Waals surface area contributed by atoms with Gasteiger partial charge < -0.3 is 9.15 Å². The van der Waals surface area contributed by atoms with Crippen molar-refractivity contribution in [2.75, 3.05) is 0 Å². The lowest BCUT2D eigenvalue weighted by Crippen LogP contribution is -2.44. The molecule has 1 saturated heterocycles. The summed E-state index contributed by atoms with van der Waals surface area (Å²) in [5.41, 5.74) is 0.553. The molecule has 2 aromatic rings. The number of benzene rings is 1. The molecule has 0 bridgehead atoms. The number of imide groups is 1. The third-order valence-electron chi connectivity index (χ3n) is 3.96. The molecular weight excluding hydrogens is 314 g/mol. The fourth-order valence-corrected chi connectivity index (χ4v) is 2.70. The number of amides is 2. The number of hydrogen-bond acceptors (Lipinski definition) is 6. The Labute approximate surface area is 136 Å². The van der Waals surface area contributed by atoms with Gasteiger partial charge in [0.05, 0.1) is 0 Å². The number of esters is 1. The van der Waals surface area contributed by atoms with E-state index >= 15 is 0 Å². The number of carbonyl (C=O) groups excluding carboxylic acids is 3. The molecule has 1 aliphatic heterocycles. The molecule has 2 amide bonds. The van der Waals surface area contributed by atoms with Gasteiger partial charge in [-0.1, -0.05) is 0 Å². The third-order valence-corrected chi connectivity index (χ3v) is 3.96. The van der Waals surface area contributed by atoms with Crippen molar-refractivity contribution >= 4 is 28.8 Å². The first kappa shape index (κ1) is 15.9. The minimum Gasteiger partial charge on any atom is -0.425 e. The Morgan fingerprint density at radius 2 is 1.83 bits per heavy atom. The highest BCUT2D eigenvalue weighted by molar-refractivity contribution is 6.05. The van der Waals surface area contributed by atoms with Gasteiger partial charge in [-0.25, -0.2) is 9.59 Å². The molecule has 3 rings (SSSR count). The summed E-state index contributed by atoms with van der Waals surface area (Å²) in [7, 11) is 0. The van der Waals surface area contributed by atoms with Gasteiger partial charge in [-0.3, -0.25) is 14.5 Å². The van der Waals surface area contributed by atoms with Crippen LogP contribution >= 0.6 is 0 Å². The highest BCUT2D eigenvalue weighted by Crippen LogP contribution is 2.23. The van der Waals surface area contributed by atoms with Gasteiger partial charge in [-0.2, -0.15) is 0 Å². The molecule has 0 N–H and O–H groups in total. The van der Waals surface area contributed by atoms with Crippen molar-refractivity contribution < 1.29 is 23.5 Å². The van der Waals surface area contributed by atoms with E-state index in [0.29, 0.717) is 5.58 Å². The number of ether oxygens (including phenoxy) is 1. The first-order valence-electron chi connectivity index (χ1n) is 7.48. The van der Waals surface area contributed by atoms with Crippen molar-refractivity contribution in [2.45, 2.75) is 32.7 Å². The van der Waals surface area contributed by atoms with E-state index in [1.807, 2.05) is 0 Å². The monoisotopic (exact) mass is 329 g/mol. The number of fused-ring (bicyclic) bond motifs is 1. The summed E-state index contributed by atoms with van der Waals surface area (Å²) in [5, 5.41) is 0.729. The number of rotatable bonds is 3. The number of aryl methyl sites for hydroxylation is 1. The minimum atomic E-state index is -1.01. The molecule has 1 aromatic heterocycles. The van der Waals surface area contributed by atoms with Crippen molar-refractivity contribution in [2.24, 2.45) is 0 Å². The van der Waals surface area contributed by atoms with Crippen LogP contribution in [0.1, 0.15) is 25.3 Å². The second-order valence-electron chi connectivity index (χ2n) is 5.66. The molecular formula is C17H15NO6. The third kappa shape index (κ3) is 2.80. The van der Waals surface area contributed by atoms with Gasteiger partial charge in [-0.15, -0.1) is 0 Å². The maximum atomic E-state index is 12.2. The van der Waals surface area contributed by atoms with Gasteiger partial charge in [0, 0.05) is 30.4 Å². The van der Waals surface area contributed by atoms with E-state index in [9.17, 15) is 19.2 Å². The topological polar surface area (TPSA) is 93.9 Å². The van der Waals surface area contributed by atoms with E-state index in [-0.39, 0.29) is 30.4 Å². The quantitative estimate of drug-likeness (QED) is 0.367. The van der Waals surface area contributed by atoms with Crippen LogP contribution in [0.4, 0.5) is 0 Å². The maximum Gasteiger partial charge on any atom is 0.336 e. The van der Waals surface area contributed by atoms with Crippen LogP contribution in [0.2, 0.25) is 0 Å². The predicted molar refractivity (Wildman–Crippen MR) is 83.4 cm³/mol. The van der Waals surface area contributed by atoms with Crippen LogP contribution in [-0.4, -0.2) is 28.7 Å². The zero-order chi connectivity index (χ0) is 17.4. The van der Waals surface area contributed by atoms with Gasteiger partial charge in [0.25, 0.3) is 0 Å². The maximum absolute atomic E-state index is 12.2. The number of hydrogen-bond donors (Lipinski definition) is 0. The summed E-state index contributed by atoms with van der Waals surface area (Å²) in [4.78, 5) is 47.9. The Hall–Kier alpha value is -2.96. The summed E-state index contributed by atoms with van der Waals surface area (Å²) in [6.07, 6.45) is 0.216. The fraction of sp³-hybridized carbons (Fsp3) is 0.294. The summed E-state index contributed by atoms with van der Waals surface area (Å²) in [6, 6.07) is 5.04. The standard InChI is InChI=1S/C17H15NO6/c1-9-7-16(21)24-13-8-11(3-4-12(9)13)23-17(22)10(2)18-14(19)5-6-15(18)20/h3-4,7-8,10H,5-6H2,1-2H3/t10-/m0/s1. The zero-order valence-electron chi connectivity index (χ0n) is 13.2. The van der Waals surface area contributed by atoms with E-state index < -0.39 is 17.6 Å². The molecule has 0 aliphatic carbocycles. The molecule has 0 spiro atoms. The normalized spacial score (nSPS) is 15.8. The summed E-state index contributed by atoms with van der Waals surface area (Å²) in [6.45, 7) is 3.21. The Bertz CT molecular complexity index is 897. The molecule has 24 heavy (non-hydrogen) atoms. The lowest BCUT2D eigenvalue weighted by atomic mass is 10.1. The van der Waals surface area contributed by atoms with Crippen LogP contribution in [0, 0.1) is 6.92 Å². The molecule has 1 atom stereocenters. The average Bonchev–Trinajstić information content (AvgIpc) is 2.85. The second-order valence-corrected chi connectivity index (χ2v) is 5.66. The van der Waals surface area contributed by atoms with Crippen LogP contribution in [0.3, 0.4) is 0 Å². The molecule has 7 nitrogen and oxygen atoms in total. The van der Waals surface area contributed by atoms with Crippen LogP contribution in [0.15, 0.2) is 33.5 Å². The van der Waals surface area contributed by atoms with Crippen molar-refractivity contribution in [3.05, 3.63) is 40.2 Å². The molecule has 1 aliphatic rings. The van der Waals surface area contributed by atoms with E-state index in [1.54, 1.807) is 19.1 Å². The lowest BCUT2D eigenvalue weighted by Gasteiger charge is -2.20. The van der Waals surface area contributed by atoms with Crippen LogP contribution in [-0.2, 0) is 14.4 Å². The number of carbonyl (C=O) groups is 3. The second kappa shape index (κ2) is 5.92. The molecule has 2 heterocycles. The van der Waals surface area contributed by atoms with Crippen molar-refractivity contribution in [3.8, 4) is 5.75 Å². The van der Waals surface area contributed by atoms with Crippen LogP contribution in [0.5, 0.6) is 5.75 Å². The van der Waals surface area contributed by atoms with Crippen molar-refractivity contribution in [1.29, 1.82) is 0 Å². The molecule has 7 heteroatoms. The van der Waals surface area contributed by atoms with Gasteiger partial charge in [0.15, 0.2) is 0 Å². The SMILES string of the molecule is Cc1cc(=O)oc2cc(OC(=O)[C@H](C)N3C(=O)CCC3=O)ccc12. The summed E-state index contributed by atoms with van der Waals surface area (Å²) >= 11 is 0. The number of nitrogens with zero attached hydrogens (tertiary/aromatic N) is 1. The van der Waals surface area contributed by atoms with E-state index in [0.717, 1.165) is 15.8 Å². The van der Waals surface area contributed by atoms with Gasteiger partial charge >= 0.3 is 11.6 Å². The average molecular weight is 329 g/mol. The highest BCUT2D eigenvalue weighted by Gasteiger charge is 2.37. The molecule has 0 radical (unpaired) electrons. The predicted octanol–water partition coefficient (Wildman–Crippen LogP) is 1.54. The Morgan fingerprint density at radius 3 is 2.50 bits per heavy atom. The van der Waals surface area contributed by atoms with Crippen molar-refractivity contribution in [1.82, 2.24) is 4.90 Å². The molecule has 0 unspecified atom stereocenters. The lowest BCUT2D eigenvalue weighted by molar-refractivity contribution is -0.151. The smallest absolute Gasteiger partial charge is 0.336 e. The Kier molecular flexibility index (Phi) is 3.92. The Balaban J connectivity index is 1.84. The van der Waals surface area contributed by atoms with Crippen molar-refractivity contribution in [3.63, 3.8) is 0 Å². The van der Waals surface area contributed by atoms with E-state index in [1.165, 1.54) is 19.1 Å².